The van der Waals surface area contributed by atoms with Gasteiger partial charge < -0.3 is 15.4 Å². The van der Waals surface area contributed by atoms with Gasteiger partial charge in [0, 0.05) is 32.2 Å². The van der Waals surface area contributed by atoms with Gasteiger partial charge in [0.05, 0.1) is 7.11 Å². The van der Waals surface area contributed by atoms with Crippen molar-refractivity contribution in [2.24, 2.45) is 0 Å². The molecule has 1 amide bonds. The first-order valence-corrected chi connectivity index (χ1v) is 4.47. The molecular weight excluding hydrogens is 170 g/mol. The summed E-state index contributed by atoms with van der Waals surface area (Å²) in [7, 11) is 3.43. The molecule has 0 aromatic heterocycles. The molecular formula is C8H17N3O2. The summed E-state index contributed by atoms with van der Waals surface area (Å²) in [5, 5.41) is 5.96. The zero-order valence-electron chi connectivity index (χ0n) is 8.17. The largest absolute Gasteiger partial charge is 0.453 e. The van der Waals surface area contributed by atoms with Crippen LogP contribution in [0.4, 0.5) is 4.79 Å². The molecule has 1 heterocycles. The number of amides is 1. The topological polar surface area (TPSA) is 53.6 Å². The van der Waals surface area contributed by atoms with Crippen LogP contribution in [0.5, 0.6) is 0 Å². The lowest BCUT2D eigenvalue weighted by Crippen LogP contribution is -2.53. The summed E-state index contributed by atoms with van der Waals surface area (Å²) in [5.41, 5.74) is 0. The van der Waals surface area contributed by atoms with Gasteiger partial charge in [0.15, 0.2) is 0 Å². The Kier molecular flexibility index (Phi) is 3.98. The SMILES string of the molecule is COC(=O)NCC1CNCCN1C. The third-order valence-electron chi connectivity index (χ3n) is 2.31. The highest BCUT2D eigenvalue weighted by Gasteiger charge is 2.18. The van der Waals surface area contributed by atoms with Crippen molar-refractivity contribution in [1.82, 2.24) is 15.5 Å². The van der Waals surface area contributed by atoms with Crippen molar-refractivity contribution >= 4 is 6.09 Å². The van der Waals surface area contributed by atoms with E-state index in [9.17, 15) is 4.79 Å². The number of alkyl carbamates (subject to hydrolysis) is 1. The second kappa shape index (κ2) is 5.04. The first kappa shape index (κ1) is 10.3. The zero-order chi connectivity index (χ0) is 9.68. The van der Waals surface area contributed by atoms with Crippen molar-refractivity contribution < 1.29 is 9.53 Å². The van der Waals surface area contributed by atoms with E-state index in [1.165, 1.54) is 7.11 Å². The molecule has 0 aromatic rings. The molecule has 5 heteroatoms. The standard InChI is InChI=1S/C8H17N3O2/c1-11-4-3-9-5-7(11)6-10-8(12)13-2/h7,9H,3-6H2,1-2H3,(H,10,12). The lowest BCUT2D eigenvalue weighted by Gasteiger charge is -2.32. The molecule has 0 bridgehead atoms. The van der Waals surface area contributed by atoms with Crippen molar-refractivity contribution in [3.05, 3.63) is 0 Å². The van der Waals surface area contributed by atoms with E-state index in [0.29, 0.717) is 12.6 Å². The number of likely N-dealkylation sites (N-methyl/N-ethyl adjacent to an activating group) is 1. The highest BCUT2D eigenvalue weighted by atomic mass is 16.5. The molecule has 0 radical (unpaired) electrons. The minimum atomic E-state index is -0.362. The van der Waals surface area contributed by atoms with Crippen LogP contribution in [0.15, 0.2) is 0 Å². The molecule has 1 unspecified atom stereocenters. The Morgan fingerprint density at radius 3 is 3.15 bits per heavy atom. The summed E-state index contributed by atoms with van der Waals surface area (Å²) in [6, 6.07) is 0.368. The number of hydrogen-bond acceptors (Lipinski definition) is 4. The maximum absolute atomic E-state index is 10.8. The maximum atomic E-state index is 10.8. The molecule has 1 fully saturated rings. The second-order valence-corrected chi connectivity index (χ2v) is 3.21. The zero-order valence-corrected chi connectivity index (χ0v) is 8.17. The number of rotatable bonds is 2. The van der Waals surface area contributed by atoms with E-state index in [-0.39, 0.29) is 6.09 Å². The first-order chi connectivity index (χ1) is 6.24. The van der Waals surface area contributed by atoms with E-state index >= 15 is 0 Å². The minimum absolute atomic E-state index is 0.362. The third-order valence-corrected chi connectivity index (χ3v) is 2.31. The Morgan fingerprint density at radius 1 is 1.77 bits per heavy atom. The first-order valence-electron chi connectivity index (χ1n) is 4.47. The van der Waals surface area contributed by atoms with Crippen LogP contribution < -0.4 is 10.6 Å². The summed E-state index contributed by atoms with van der Waals surface area (Å²) in [6.45, 7) is 3.59. The summed E-state index contributed by atoms with van der Waals surface area (Å²) in [4.78, 5) is 13.0. The van der Waals surface area contributed by atoms with Gasteiger partial charge in [0.1, 0.15) is 0 Å². The van der Waals surface area contributed by atoms with Gasteiger partial charge in [-0.15, -0.1) is 0 Å². The maximum Gasteiger partial charge on any atom is 0.406 e. The molecule has 76 valence electrons. The molecule has 1 saturated heterocycles. The second-order valence-electron chi connectivity index (χ2n) is 3.21. The lowest BCUT2D eigenvalue weighted by atomic mass is 10.2. The predicted molar refractivity (Wildman–Crippen MR) is 49.7 cm³/mol. The molecule has 5 nitrogen and oxygen atoms in total. The van der Waals surface area contributed by atoms with Crippen LogP contribution in [0.25, 0.3) is 0 Å². The van der Waals surface area contributed by atoms with Crippen LogP contribution in [-0.2, 0) is 4.74 Å². The molecule has 1 atom stereocenters. The van der Waals surface area contributed by atoms with Crippen LogP contribution >= 0.6 is 0 Å². The fraction of sp³-hybridized carbons (Fsp3) is 0.875. The van der Waals surface area contributed by atoms with Crippen molar-refractivity contribution in [2.75, 3.05) is 40.3 Å². The van der Waals surface area contributed by atoms with Gasteiger partial charge >= 0.3 is 6.09 Å². The van der Waals surface area contributed by atoms with Crippen molar-refractivity contribution in [1.29, 1.82) is 0 Å². The smallest absolute Gasteiger partial charge is 0.406 e. The Labute approximate surface area is 78.4 Å². The van der Waals surface area contributed by atoms with Crippen LogP contribution in [0.2, 0.25) is 0 Å². The molecule has 0 saturated carbocycles. The van der Waals surface area contributed by atoms with Gasteiger partial charge in [-0.25, -0.2) is 4.79 Å². The Morgan fingerprint density at radius 2 is 2.54 bits per heavy atom. The fourth-order valence-corrected chi connectivity index (χ4v) is 1.36. The van der Waals surface area contributed by atoms with E-state index in [1.807, 2.05) is 0 Å². The predicted octanol–water partition coefficient (Wildman–Crippen LogP) is -0.754. The van der Waals surface area contributed by atoms with Gasteiger partial charge in [0.2, 0.25) is 0 Å². The lowest BCUT2D eigenvalue weighted by molar-refractivity contribution is 0.157. The quantitative estimate of drug-likeness (QED) is 0.597. The molecule has 13 heavy (non-hydrogen) atoms. The minimum Gasteiger partial charge on any atom is -0.453 e. The van der Waals surface area contributed by atoms with E-state index in [2.05, 4.69) is 27.3 Å². The number of hydrogen-bond donors (Lipinski definition) is 2. The summed E-state index contributed by atoms with van der Waals surface area (Å²) < 4.78 is 4.49. The van der Waals surface area contributed by atoms with Gasteiger partial charge in [-0.3, -0.25) is 4.90 Å². The van der Waals surface area contributed by atoms with E-state index in [4.69, 9.17) is 0 Å². The highest BCUT2D eigenvalue weighted by Crippen LogP contribution is 1.97. The summed E-state index contributed by atoms with van der Waals surface area (Å²) in [5.74, 6) is 0. The molecule has 0 spiro atoms. The summed E-state index contributed by atoms with van der Waals surface area (Å²) in [6.07, 6.45) is -0.362. The number of ether oxygens (including phenoxy) is 1. The third kappa shape index (κ3) is 3.20. The van der Waals surface area contributed by atoms with E-state index in [1.54, 1.807) is 0 Å². The fourth-order valence-electron chi connectivity index (χ4n) is 1.36. The Bertz CT molecular complexity index is 175. The van der Waals surface area contributed by atoms with Gasteiger partial charge in [0.25, 0.3) is 0 Å². The number of carbonyl (C=O) groups is 1. The Hall–Kier alpha value is -0.810. The number of nitrogens with zero attached hydrogens (tertiary/aromatic N) is 1. The average Bonchev–Trinajstić information content (AvgIpc) is 2.16. The van der Waals surface area contributed by atoms with E-state index < -0.39 is 0 Å². The van der Waals surface area contributed by atoms with E-state index in [0.717, 1.165) is 19.6 Å². The highest BCUT2D eigenvalue weighted by molar-refractivity contribution is 5.66. The van der Waals surface area contributed by atoms with Gasteiger partial charge in [-0.1, -0.05) is 0 Å². The van der Waals surface area contributed by atoms with Crippen LogP contribution in [-0.4, -0.2) is 57.4 Å². The van der Waals surface area contributed by atoms with Gasteiger partial charge in [-0.05, 0) is 7.05 Å². The molecule has 1 aliphatic heterocycles. The van der Waals surface area contributed by atoms with Crippen LogP contribution in [0.1, 0.15) is 0 Å². The molecule has 0 aromatic carbocycles. The van der Waals surface area contributed by atoms with Crippen molar-refractivity contribution in [2.45, 2.75) is 6.04 Å². The number of nitrogens with one attached hydrogen (secondary N) is 2. The molecule has 1 rings (SSSR count). The molecule has 2 N–H and O–H groups in total. The average molecular weight is 187 g/mol. The number of carbonyl (C=O) groups excluding carboxylic acids is 1. The van der Waals surface area contributed by atoms with Crippen molar-refractivity contribution in [3.63, 3.8) is 0 Å². The Balaban J connectivity index is 2.22. The monoisotopic (exact) mass is 187 g/mol. The molecule has 0 aliphatic carbocycles. The van der Waals surface area contributed by atoms with Crippen LogP contribution in [0, 0.1) is 0 Å². The van der Waals surface area contributed by atoms with Gasteiger partial charge in [-0.2, -0.15) is 0 Å². The normalized spacial score (nSPS) is 24.0. The van der Waals surface area contributed by atoms with Crippen LogP contribution in [0.3, 0.4) is 0 Å². The number of methoxy groups -OCH3 is 1. The van der Waals surface area contributed by atoms with Crippen molar-refractivity contribution in [3.8, 4) is 0 Å². The summed E-state index contributed by atoms with van der Waals surface area (Å²) >= 11 is 0. The number of piperazine rings is 1. The molecule has 1 aliphatic rings.